The number of rotatable bonds is 8. The second-order valence-corrected chi connectivity index (χ2v) is 24.7. The van der Waals surface area contributed by atoms with Gasteiger partial charge in [-0.1, -0.05) is 19.6 Å². The third-order valence-corrected chi connectivity index (χ3v) is 7.56. The number of nitrogens with zero attached hydrogens (tertiary/aromatic N) is 4. The molecular formula is C19H37N5O3Si3. The van der Waals surface area contributed by atoms with Gasteiger partial charge in [-0.3, -0.25) is 4.57 Å². The van der Waals surface area contributed by atoms with Crippen molar-refractivity contribution in [1.82, 2.24) is 19.5 Å². The van der Waals surface area contributed by atoms with Crippen molar-refractivity contribution >= 4 is 41.9 Å². The van der Waals surface area contributed by atoms with Crippen LogP contribution in [0.5, 0.6) is 0 Å². The van der Waals surface area contributed by atoms with Crippen LogP contribution in [0.2, 0.25) is 58.9 Å². The monoisotopic (exact) mass is 467 g/mol. The minimum Gasteiger partial charge on any atom is -0.415 e. The maximum atomic E-state index is 6.48. The normalized spacial score (nSPS) is 23.3. The van der Waals surface area contributed by atoms with E-state index in [-0.39, 0.29) is 18.4 Å². The Morgan fingerprint density at radius 2 is 1.73 bits per heavy atom. The molecule has 0 saturated carbocycles. The van der Waals surface area contributed by atoms with Crippen LogP contribution in [0.15, 0.2) is 12.7 Å². The van der Waals surface area contributed by atoms with Crippen LogP contribution in [0, 0.1) is 0 Å². The van der Waals surface area contributed by atoms with Gasteiger partial charge in [0.25, 0.3) is 0 Å². The Bertz CT molecular complexity index is 873. The summed E-state index contributed by atoms with van der Waals surface area (Å²) in [5.41, 5.74) is 1.57. The maximum absolute atomic E-state index is 6.48. The van der Waals surface area contributed by atoms with Crippen molar-refractivity contribution in [1.29, 1.82) is 0 Å². The summed E-state index contributed by atoms with van der Waals surface area (Å²) in [5.74, 6) is 0.796. The van der Waals surface area contributed by atoms with E-state index >= 15 is 0 Å². The molecule has 8 nitrogen and oxygen atoms in total. The van der Waals surface area contributed by atoms with Gasteiger partial charge in [0, 0.05) is 6.42 Å². The molecule has 0 aromatic carbocycles. The first kappa shape index (κ1) is 23.5. The highest BCUT2D eigenvalue weighted by molar-refractivity contribution is 6.79. The van der Waals surface area contributed by atoms with Crippen molar-refractivity contribution < 1.29 is 13.6 Å². The lowest BCUT2D eigenvalue weighted by Crippen LogP contribution is -2.40. The van der Waals surface area contributed by atoms with E-state index in [0.29, 0.717) is 6.61 Å². The van der Waals surface area contributed by atoms with Crippen LogP contribution in [0.25, 0.3) is 11.2 Å². The Labute approximate surface area is 183 Å². The number of fused-ring (bicyclic) bond motifs is 1. The Morgan fingerprint density at radius 1 is 1.03 bits per heavy atom. The van der Waals surface area contributed by atoms with Crippen LogP contribution in [0.3, 0.4) is 0 Å². The Kier molecular flexibility index (Phi) is 6.62. The predicted octanol–water partition coefficient (Wildman–Crippen LogP) is 4.43. The van der Waals surface area contributed by atoms with Crippen LogP contribution >= 0.6 is 0 Å². The molecular weight excluding hydrogens is 430 g/mol. The van der Waals surface area contributed by atoms with E-state index in [1.54, 1.807) is 6.33 Å². The van der Waals surface area contributed by atoms with Crippen molar-refractivity contribution in [3.8, 4) is 0 Å². The molecule has 0 radical (unpaired) electrons. The zero-order valence-electron chi connectivity index (χ0n) is 19.8. The van der Waals surface area contributed by atoms with Gasteiger partial charge < -0.3 is 18.6 Å². The van der Waals surface area contributed by atoms with Gasteiger partial charge in [-0.25, -0.2) is 15.0 Å². The van der Waals surface area contributed by atoms with Crippen LogP contribution in [-0.2, 0) is 13.6 Å². The summed E-state index contributed by atoms with van der Waals surface area (Å²) in [6.07, 6.45) is 3.91. The van der Waals surface area contributed by atoms with Crippen molar-refractivity contribution in [2.75, 3.05) is 11.6 Å². The summed E-state index contributed by atoms with van der Waals surface area (Å²) in [6, 6.07) is 0. The van der Waals surface area contributed by atoms with Gasteiger partial charge in [-0.15, -0.1) is 0 Å². The third kappa shape index (κ3) is 6.20. The first-order chi connectivity index (χ1) is 13.7. The summed E-state index contributed by atoms with van der Waals surface area (Å²) in [6.45, 7) is 20.5. The topological polar surface area (TPSA) is 83.3 Å². The summed E-state index contributed by atoms with van der Waals surface area (Å²) >= 11 is 0. The van der Waals surface area contributed by atoms with E-state index in [2.05, 4.69) is 78.9 Å². The first-order valence-electron chi connectivity index (χ1n) is 10.6. The van der Waals surface area contributed by atoms with Gasteiger partial charge in [-0.2, -0.15) is 0 Å². The average molecular weight is 468 g/mol. The zero-order chi connectivity index (χ0) is 22.3. The molecule has 1 aliphatic rings. The fourth-order valence-electron chi connectivity index (χ4n) is 3.44. The summed E-state index contributed by atoms with van der Waals surface area (Å²) < 4.78 is 21.1. The molecule has 3 atom stereocenters. The fourth-order valence-corrected chi connectivity index (χ4v) is 6.15. The number of anilines is 1. The SMILES string of the molecule is C[Si](C)(C)Nc1ncnc2c1ncn2[C@@H]1CC(O[Si](C)(C)C)[C@H](CO[Si](C)(C)C)O1. The fraction of sp³-hybridized carbons (Fsp3) is 0.737. The largest absolute Gasteiger partial charge is 0.415 e. The highest BCUT2D eigenvalue weighted by Gasteiger charge is 2.40. The van der Waals surface area contributed by atoms with E-state index < -0.39 is 24.9 Å². The van der Waals surface area contributed by atoms with Gasteiger partial charge in [0.2, 0.25) is 0 Å². The lowest BCUT2D eigenvalue weighted by atomic mass is 10.2. The van der Waals surface area contributed by atoms with Crippen LogP contribution in [0.1, 0.15) is 12.6 Å². The quantitative estimate of drug-likeness (QED) is 0.575. The molecule has 2 aromatic rings. The smallest absolute Gasteiger partial charge is 0.184 e. The molecule has 1 unspecified atom stereocenters. The molecule has 1 fully saturated rings. The van der Waals surface area contributed by atoms with Crippen molar-refractivity contribution in [2.24, 2.45) is 0 Å². The van der Waals surface area contributed by atoms with Gasteiger partial charge >= 0.3 is 0 Å². The standard InChI is InChI=1S/C19H37N5O3Si3/c1-28(2,3)23-18-17-19(21-12-20-18)24(13-22-17)16-10-14(27-30(7,8)9)15(26-16)11-25-29(4,5)6/h12-16H,10-11H2,1-9H3,(H,20,21,23)/t14?,15-,16-/m0/s1. The number of imidazole rings is 1. The molecule has 0 aliphatic carbocycles. The summed E-state index contributed by atoms with van der Waals surface area (Å²) in [5, 5.41) is 0. The number of ether oxygens (including phenoxy) is 1. The molecule has 2 aromatic heterocycles. The van der Waals surface area contributed by atoms with Crippen LogP contribution < -0.4 is 4.98 Å². The van der Waals surface area contributed by atoms with Crippen molar-refractivity contribution in [3.05, 3.63) is 12.7 Å². The lowest BCUT2D eigenvalue weighted by Gasteiger charge is -2.28. The van der Waals surface area contributed by atoms with Gasteiger partial charge in [0.05, 0.1) is 19.0 Å². The first-order valence-corrected chi connectivity index (χ1v) is 21.0. The zero-order valence-corrected chi connectivity index (χ0v) is 22.8. The maximum Gasteiger partial charge on any atom is 0.184 e. The number of aromatic nitrogens is 4. The van der Waals surface area contributed by atoms with E-state index in [4.69, 9.17) is 13.6 Å². The second-order valence-electron chi connectivity index (χ2n) is 11.0. The van der Waals surface area contributed by atoms with E-state index in [1.165, 1.54) is 0 Å². The summed E-state index contributed by atoms with van der Waals surface area (Å²) in [7, 11) is -4.93. The molecule has 30 heavy (non-hydrogen) atoms. The highest BCUT2D eigenvalue weighted by atomic mass is 28.4. The third-order valence-electron chi connectivity index (χ3n) is 4.53. The van der Waals surface area contributed by atoms with Crippen LogP contribution in [-0.4, -0.2) is 63.2 Å². The number of hydrogen-bond acceptors (Lipinski definition) is 7. The molecule has 1 N–H and O–H groups in total. The van der Waals surface area contributed by atoms with Crippen molar-refractivity contribution in [2.45, 2.75) is 83.8 Å². The minimum atomic E-state index is -1.72. The molecule has 11 heteroatoms. The van der Waals surface area contributed by atoms with Crippen molar-refractivity contribution in [3.63, 3.8) is 0 Å². The van der Waals surface area contributed by atoms with Gasteiger partial charge in [0.1, 0.15) is 38.2 Å². The highest BCUT2D eigenvalue weighted by Crippen LogP contribution is 2.35. The van der Waals surface area contributed by atoms with E-state index in [1.807, 2.05) is 10.9 Å². The average Bonchev–Trinajstić information content (AvgIpc) is 3.14. The Morgan fingerprint density at radius 3 is 2.33 bits per heavy atom. The Hall–Kier alpha value is -1.12. The molecule has 1 saturated heterocycles. The van der Waals surface area contributed by atoms with E-state index in [9.17, 15) is 0 Å². The molecule has 3 heterocycles. The number of nitrogens with one attached hydrogen (secondary N) is 1. The molecule has 3 rings (SSSR count). The van der Waals surface area contributed by atoms with Gasteiger partial charge in [0.15, 0.2) is 22.3 Å². The minimum absolute atomic E-state index is 0.0110. The molecule has 0 amide bonds. The Balaban J connectivity index is 1.86. The second kappa shape index (κ2) is 8.43. The van der Waals surface area contributed by atoms with Gasteiger partial charge in [-0.05, 0) is 39.3 Å². The molecule has 1 aliphatic heterocycles. The van der Waals surface area contributed by atoms with Crippen LogP contribution in [0.4, 0.5) is 5.82 Å². The summed E-state index contributed by atoms with van der Waals surface area (Å²) in [4.78, 5) is 17.1. The molecule has 0 spiro atoms. The number of hydrogen-bond donors (Lipinski definition) is 1. The molecule has 168 valence electrons. The van der Waals surface area contributed by atoms with E-state index in [0.717, 1.165) is 23.4 Å². The predicted molar refractivity (Wildman–Crippen MR) is 128 cm³/mol. The molecule has 0 bridgehead atoms. The lowest BCUT2D eigenvalue weighted by molar-refractivity contribution is -0.0367.